The highest BCUT2D eigenvalue weighted by Crippen LogP contribution is 2.54. The summed E-state index contributed by atoms with van der Waals surface area (Å²) in [6.45, 7) is 2.33. The van der Waals surface area contributed by atoms with Crippen molar-refractivity contribution in [3.63, 3.8) is 0 Å². The summed E-state index contributed by atoms with van der Waals surface area (Å²) >= 11 is 0. The molecule has 0 unspecified atom stereocenters. The molecule has 102 valence electrons. The minimum Gasteiger partial charge on any atom is -0.307 e. The van der Waals surface area contributed by atoms with E-state index < -0.39 is 0 Å². The van der Waals surface area contributed by atoms with Gasteiger partial charge in [-0.05, 0) is 68.3 Å². The van der Waals surface area contributed by atoms with Gasteiger partial charge < -0.3 is 5.32 Å². The lowest BCUT2D eigenvalue weighted by Crippen LogP contribution is -2.54. The zero-order chi connectivity index (χ0) is 12.8. The molecule has 19 heavy (non-hydrogen) atoms. The Balaban J connectivity index is 1.48. The average Bonchev–Trinajstić information content (AvgIpc) is 2.43. The van der Waals surface area contributed by atoms with Gasteiger partial charge in [0.05, 0.1) is 0 Å². The molecule has 4 aliphatic carbocycles. The third kappa shape index (κ3) is 2.12. The minimum absolute atomic E-state index is 0.503. The SMILES string of the molecule is C[C@@H](NC1C2CC3CC(C2)CC1C3)c1ccccc1. The summed E-state index contributed by atoms with van der Waals surface area (Å²) in [5.41, 5.74) is 1.44. The summed E-state index contributed by atoms with van der Waals surface area (Å²) in [6, 6.07) is 12.2. The van der Waals surface area contributed by atoms with Gasteiger partial charge in [0.15, 0.2) is 0 Å². The van der Waals surface area contributed by atoms with Crippen molar-refractivity contribution in [1.29, 1.82) is 0 Å². The van der Waals surface area contributed by atoms with Crippen LogP contribution >= 0.6 is 0 Å². The van der Waals surface area contributed by atoms with Crippen LogP contribution in [0.4, 0.5) is 0 Å². The molecule has 0 radical (unpaired) electrons. The largest absolute Gasteiger partial charge is 0.307 e. The normalized spacial score (nSPS) is 41.4. The average molecular weight is 255 g/mol. The van der Waals surface area contributed by atoms with Crippen molar-refractivity contribution in [1.82, 2.24) is 5.32 Å². The van der Waals surface area contributed by atoms with E-state index >= 15 is 0 Å². The molecule has 0 amide bonds. The highest BCUT2D eigenvalue weighted by molar-refractivity contribution is 5.18. The Morgan fingerprint density at radius 3 is 2.05 bits per heavy atom. The maximum atomic E-state index is 3.98. The lowest BCUT2D eigenvalue weighted by molar-refractivity contribution is -0.0171. The number of nitrogens with one attached hydrogen (secondary N) is 1. The summed E-state index contributed by atoms with van der Waals surface area (Å²) in [5.74, 6) is 4.10. The van der Waals surface area contributed by atoms with Crippen LogP contribution in [0.1, 0.15) is 50.6 Å². The van der Waals surface area contributed by atoms with Crippen molar-refractivity contribution < 1.29 is 0 Å². The third-order valence-corrected chi connectivity index (χ3v) is 5.97. The zero-order valence-electron chi connectivity index (χ0n) is 11.9. The van der Waals surface area contributed by atoms with Crippen LogP contribution in [0, 0.1) is 23.7 Å². The van der Waals surface area contributed by atoms with E-state index in [9.17, 15) is 0 Å². The van der Waals surface area contributed by atoms with Gasteiger partial charge in [-0.2, -0.15) is 0 Å². The Morgan fingerprint density at radius 1 is 0.895 bits per heavy atom. The molecule has 1 N–H and O–H groups in total. The van der Waals surface area contributed by atoms with E-state index in [4.69, 9.17) is 0 Å². The first kappa shape index (κ1) is 12.0. The van der Waals surface area contributed by atoms with E-state index in [1.165, 1.54) is 31.2 Å². The Morgan fingerprint density at radius 2 is 1.47 bits per heavy atom. The Bertz CT molecular complexity index is 410. The van der Waals surface area contributed by atoms with Crippen molar-refractivity contribution in [2.24, 2.45) is 23.7 Å². The molecule has 0 spiro atoms. The molecule has 0 aliphatic heterocycles. The molecular formula is C18H25N. The van der Waals surface area contributed by atoms with Crippen LogP contribution < -0.4 is 5.32 Å². The summed E-state index contributed by atoms with van der Waals surface area (Å²) in [6.07, 6.45) is 7.57. The second kappa shape index (κ2) is 4.63. The van der Waals surface area contributed by atoms with Gasteiger partial charge >= 0.3 is 0 Å². The van der Waals surface area contributed by atoms with Crippen LogP contribution in [0.3, 0.4) is 0 Å². The van der Waals surface area contributed by atoms with Crippen molar-refractivity contribution in [2.75, 3.05) is 0 Å². The molecule has 1 atom stereocenters. The molecule has 5 rings (SSSR count). The van der Waals surface area contributed by atoms with Gasteiger partial charge in [0.1, 0.15) is 0 Å². The van der Waals surface area contributed by atoms with Gasteiger partial charge in [-0.25, -0.2) is 0 Å². The smallest absolute Gasteiger partial charge is 0.0294 e. The van der Waals surface area contributed by atoms with Crippen LogP contribution in [-0.4, -0.2) is 6.04 Å². The lowest BCUT2D eigenvalue weighted by atomic mass is 9.54. The van der Waals surface area contributed by atoms with Gasteiger partial charge in [0.2, 0.25) is 0 Å². The van der Waals surface area contributed by atoms with E-state index in [-0.39, 0.29) is 0 Å². The second-order valence-electron chi connectivity index (χ2n) is 7.26. The summed E-state index contributed by atoms with van der Waals surface area (Å²) in [7, 11) is 0. The molecule has 4 fully saturated rings. The van der Waals surface area contributed by atoms with E-state index in [2.05, 4.69) is 42.6 Å². The maximum Gasteiger partial charge on any atom is 0.0294 e. The summed E-state index contributed by atoms with van der Waals surface area (Å²) < 4.78 is 0. The van der Waals surface area contributed by atoms with Crippen molar-refractivity contribution in [2.45, 2.75) is 51.1 Å². The molecule has 4 saturated carbocycles. The fourth-order valence-corrected chi connectivity index (χ4v) is 5.32. The van der Waals surface area contributed by atoms with E-state index in [1.54, 1.807) is 6.42 Å². The van der Waals surface area contributed by atoms with E-state index in [1.807, 2.05) is 0 Å². The number of hydrogen-bond acceptors (Lipinski definition) is 1. The van der Waals surface area contributed by atoms with Gasteiger partial charge in [0, 0.05) is 12.1 Å². The second-order valence-corrected chi connectivity index (χ2v) is 7.26. The summed E-state index contributed by atoms with van der Waals surface area (Å²) in [5, 5.41) is 3.98. The zero-order valence-corrected chi connectivity index (χ0v) is 11.9. The van der Waals surface area contributed by atoms with Crippen LogP contribution in [0.15, 0.2) is 30.3 Å². The first-order valence-electron chi connectivity index (χ1n) is 8.10. The molecule has 4 bridgehead atoms. The topological polar surface area (TPSA) is 12.0 Å². The predicted molar refractivity (Wildman–Crippen MR) is 78.8 cm³/mol. The van der Waals surface area contributed by atoms with Gasteiger partial charge in [-0.15, -0.1) is 0 Å². The summed E-state index contributed by atoms with van der Waals surface area (Å²) in [4.78, 5) is 0. The maximum absolute atomic E-state index is 3.98. The highest BCUT2D eigenvalue weighted by Gasteiger charge is 2.48. The molecule has 4 aliphatic rings. The Hall–Kier alpha value is -0.820. The molecular weight excluding hydrogens is 230 g/mol. The van der Waals surface area contributed by atoms with Crippen LogP contribution in [0.25, 0.3) is 0 Å². The number of rotatable bonds is 3. The lowest BCUT2D eigenvalue weighted by Gasteiger charge is -2.55. The number of hydrogen-bond donors (Lipinski definition) is 1. The Kier molecular flexibility index (Phi) is 2.91. The highest BCUT2D eigenvalue weighted by atomic mass is 15.0. The van der Waals surface area contributed by atoms with Gasteiger partial charge in [-0.3, -0.25) is 0 Å². The molecule has 0 aromatic heterocycles. The van der Waals surface area contributed by atoms with Crippen LogP contribution in [0.5, 0.6) is 0 Å². The first-order valence-corrected chi connectivity index (χ1v) is 8.10. The fraction of sp³-hybridized carbons (Fsp3) is 0.667. The van der Waals surface area contributed by atoms with Gasteiger partial charge in [-0.1, -0.05) is 30.3 Å². The van der Waals surface area contributed by atoms with Gasteiger partial charge in [0.25, 0.3) is 0 Å². The van der Waals surface area contributed by atoms with Crippen molar-refractivity contribution >= 4 is 0 Å². The molecule has 0 saturated heterocycles. The van der Waals surface area contributed by atoms with E-state index in [0.29, 0.717) is 6.04 Å². The van der Waals surface area contributed by atoms with Crippen molar-refractivity contribution in [3.8, 4) is 0 Å². The standard InChI is InChI=1S/C18H25N/c1-12(15-5-3-2-4-6-15)19-18-16-8-13-7-14(10-16)11-17(18)9-13/h2-6,12-14,16-19H,7-11H2,1H3/t12-,13?,14?,16?,17?,18?/m1/s1. The van der Waals surface area contributed by atoms with Crippen molar-refractivity contribution in [3.05, 3.63) is 35.9 Å². The molecule has 1 aromatic carbocycles. The molecule has 0 heterocycles. The van der Waals surface area contributed by atoms with Crippen LogP contribution in [-0.2, 0) is 0 Å². The van der Waals surface area contributed by atoms with Crippen LogP contribution in [0.2, 0.25) is 0 Å². The molecule has 1 aromatic rings. The fourth-order valence-electron chi connectivity index (χ4n) is 5.32. The minimum atomic E-state index is 0.503. The quantitative estimate of drug-likeness (QED) is 0.855. The predicted octanol–water partition coefficient (Wildman–Crippen LogP) is 4.16. The molecule has 1 nitrogen and oxygen atoms in total. The first-order chi connectivity index (χ1) is 9.29. The number of benzene rings is 1. The third-order valence-electron chi connectivity index (χ3n) is 5.97. The molecule has 1 heteroatoms. The van der Waals surface area contributed by atoms with E-state index in [0.717, 1.165) is 29.7 Å². The monoisotopic (exact) mass is 255 g/mol. The Labute approximate surface area is 116 Å².